The Morgan fingerprint density at radius 3 is 2.66 bits per heavy atom. The number of nitrogens with zero attached hydrogens (tertiary/aromatic N) is 5. The predicted molar refractivity (Wildman–Crippen MR) is 138 cm³/mol. The highest BCUT2D eigenvalue weighted by Gasteiger charge is 2.34. The first-order valence-corrected chi connectivity index (χ1v) is 12.1. The molecule has 2 aromatic carbocycles. The third-order valence-corrected chi connectivity index (χ3v) is 6.44. The van der Waals surface area contributed by atoms with Crippen LogP contribution in [0.1, 0.15) is 32.7 Å². The van der Waals surface area contributed by atoms with Gasteiger partial charge in [0.2, 0.25) is 0 Å². The van der Waals surface area contributed by atoms with E-state index in [1.807, 2.05) is 11.9 Å². The van der Waals surface area contributed by atoms with Crippen molar-refractivity contribution in [3.8, 4) is 11.8 Å². The standard InChI is InChI=1S/C28H25F3N6O/c1-35-11-13-36(14-12-35)19-22-7-6-21(16-25(22)28(29,30)31)27(38)34-23-4-2-3-20(15-23)5-8-24-17-33-26-18-32-9-10-37(24)26/h2-4,6-7,9-10,15-18H,11-14,19H2,1H3,(H,34,38). The van der Waals surface area contributed by atoms with E-state index in [9.17, 15) is 18.0 Å². The summed E-state index contributed by atoms with van der Waals surface area (Å²) >= 11 is 0. The number of aromatic nitrogens is 3. The Morgan fingerprint density at radius 2 is 1.87 bits per heavy atom. The minimum absolute atomic E-state index is 0.0599. The number of hydrogen-bond acceptors (Lipinski definition) is 5. The first-order chi connectivity index (χ1) is 18.3. The fraction of sp³-hybridized carbons (Fsp3) is 0.250. The molecule has 194 valence electrons. The number of halogens is 3. The number of imidazole rings is 1. The third kappa shape index (κ3) is 5.85. The molecule has 7 nitrogen and oxygen atoms in total. The molecule has 1 fully saturated rings. The lowest BCUT2D eigenvalue weighted by Crippen LogP contribution is -2.44. The molecule has 0 spiro atoms. The molecule has 4 aromatic rings. The first-order valence-electron chi connectivity index (χ1n) is 12.1. The van der Waals surface area contributed by atoms with Gasteiger partial charge < -0.3 is 10.2 Å². The van der Waals surface area contributed by atoms with Gasteiger partial charge in [0.25, 0.3) is 5.91 Å². The number of likely N-dealkylation sites (N-methyl/N-ethyl adjacent to an activating group) is 1. The molecule has 0 aliphatic carbocycles. The van der Waals surface area contributed by atoms with E-state index in [0.29, 0.717) is 35.7 Å². The van der Waals surface area contributed by atoms with Crippen molar-refractivity contribution in [2.24, 2.45) is 0 Å². The lowest BCUT2D eigenvalue weighted by molar-refractivity contribution is -0.138. The molecule has 1 aliphatic heterocycles. The van der Waals surface area contributed by atoms with Crippen molar-refractivity contribution in [1.82, 2.24) is 24.2 Å². The van der Waals surface area contributed by atoms with Gasteiger partial charge in [-0.2, -0.15) is 13.2 Å². The zero-order valence-corrected chi connectivity index (χ0v) is 20.7. The number of hydrogen-bond donors (Lipinski definition) is 1. The van der Waals surface area contributed by atoms with E-state index in [2.05, 4.69) is 32.0 Å². The summed E-state index contributed by atoms with van der Waals surface area (Å²) < 4.78 is 43.5. The van der Waals surface area contributed by atoms with E-state index in [-0.39, 0.29) is 17.7 Å². The molecule has 0 radical (unpaired) electrons. The molecular formula is C28H25F3N6O. The highest BCUT2D eigenvalue weighted by atomic mass is 19.4. The minimum Gasteiger partial charge on any atom is -0.322 e. The van der Waals surface area contributed by atoms with Crippen molar-refractivity contribution < 1.29 is 18.0 Å². The van der Waals surface area contributed by atoms with Crippen LogP contribution in [0.5, 0.6) is 0 Å². The number of anilines is 1. The Kier molecular flexibility index (Phi) is 7.13. The van der Waals surface area contributed by atoms with Gasteiger partial charge in [-0.05, 0) is 48.9 Å². The Bertz CT molecular complexity index is 1530. The molecule has 38 heavy (non-hydrogen) atoms. The van der Waals surface area contributed by atoms with E-state index in [4.69, 9.17) is 0 Å². The highest BCUT2D eigenvalue weighted by Crippen LogP contribution is 2.33. The van der Waals surface area contributed by atoms with Crippen LogP contribution in [0.15, 0.2) is 67.3 Å². The molecule has 0 bridgehead atoms. The topological polar surface area (TPSA) is 65.8 Å². The van der Waals surface area contributed by atoms with Crippen molar-refractivity contribution in [2.45, 2.75) is 12.7 Å². The molecule has 1 N–H and O–H groups in total. The number of carbonyl (C=O) groups is 1. The van der Waals surface area contributed by atoms with Crippen molar-refractivity contribution in [3.05, 3.63) is 95.2 Å². The van der Waals surface area contributed by atoms with E-state index in [1.54, 1.807) is 53.5 Å². The van der Waals surface area contributed by atoms with Crippen molar-refractivity contribution >= 4 is 17.2 Å². The monoisotopic (exact) mass is 518 g/mol. The lowest BCUT2D eigenvalue weighted by Gasteiger charge is -2.33. The molecule has 1 aliphatic rings. The molecule has 0 saturated carbocycles. The molecule has 10 heteroatoms. The fourth-order valence-electron chi connectivity index (χ4n) is 4.32. The largest absolute Gasteiger partial charge is 0.416 e. The summed E-state index contributed by atoms with van der Waals surface area (Å²) in [6, 6.07) is 10.6. The SMILES string of the molecule is CN1CCN(Cc2ccc(C(=O)Nc3cccc(C#Cc4cnc5cnccn45)c3)cc2C(F)(F)F)CC1. The van der Waals surface area contributed by atoms with Gasteiger partial charge in [0.05, 0.1) is 18.0 Å². The van der Waals surface area contributed by atoms with Crippen LogP contribution in [0.4, 0.5) is 18.9 Å². The van der Waals surface area contributed by atoms with Crippen LogP contribution in [0, 0.1) is 11.8 Å². The van der Waals surface area contributed by atoms with Crippen LogP contribution < -0.4 is 5.32 Å². The number of piperazine rings is 1. The quantitative estimate of drug-likeness (QED) is 0.412. The van der Waals surface area contributed by atoms with Crippen LogP contribution in [0.2, 0.25) is 0 Å². The van der Waals surface area contributed by atoms with Gasteiger partial charge in [-0.25, -0.2) is 4.98 Å². The maximum absolute atomic E-state index is 13.9. The molecule has 2 aromatic heterocycles. The molecular weight excluding hydrogens is 493 g/mol. The van der Waals surface area contributed by atoms with Crippen molar-refractivity contribution in [1.29, 1.82) is 0 Å². The van der Waals surface area contributed by atoms with E-state index in [0.717, 1.165) is 19.2 Å². The van der Waals surface area contributed by atoms with Gasteiger partial charge in [-0.3, -0.25) is 19.1 Å². The van der Waals surface area contributed by atoms with Gasteiger partial charge in [0.1, 0.15) is 5.69 Å². The zero-order valence-electron chi connectivity index (χ0n) is 20.7. The van der Waals surface area contributed by atoms with Crippen LogP contribution in [0.3, 0.4) is 0 Å². The maximum Gasteiger partial charge on any atom is 0.416 e. The van der Waals surface area contributed by atoms with E-state index in [1.165, 1.54) is 12.1 Å². The first kappa shape index (κ1) is 25.4. The summed E-state index contributed by atoms with van der Waals surface area (Å²) in [6.45, 7) is 3.20. The summed E-state index contributed by atoms with van der Waals surface area (Å²) in [4.78, 5) is 25.3. The number of carbonyl (C=O) groups excluding carboxylic acids is 1. The van der Waals surface area contributed by atoms with Gasteiger partial charge in [-0.15, -0.1) is 0 Å². The van der Waals surface area contributed by atoms with E-state index < -0.39 is 17.6 Å². The molecule has 1 saturated heterocycles. The Balaban J connectivity index is 1.32. The Hall–Kier alpha value is -4.20. The van der Waals surface area contributed by atoms with Gasteiger partial charge in [-0.1, -0.05) is 18.1 Å². The van der Waals surface area contributed by atoms with Gasteiger partial charge in [0.15, 0.2) is 5.65 Å². The molecule has 3 heterocycles. The maximum atomic E-state index is 13.9. The second kappa shape index (κ2) is 10.7. The molecule has 1 amide bonds. The van der Waals surface area contributed by atoms with Crippen LogP contribution >= 0.6 is 0 Å². The van der Waals surface area contributed by atoms with Crippen molar-refractivity contribution in [3.63, 3.8) is 0 Å². The Labute approximate surface area is 217 Å². The second-order valence-electron chi connectivity index (χ2n) is 9.18. The third-order valence-electron chi connectivity index (χ3n) is 6.44. The van der Waals surface area contributed by atoms with E-state index >= 15 is 0 Å². The average Bonchev–Trinajstić information content (AvgIpc) is 3.32. The number of fused-ring (bicyclic) bond motifs is 1. The summed E-state index contributed by atoms with van der Waals surface area (Å²) in [5.74, 6) is 5.45. The molecule has 0 unspecified atom stereocenters. The number of amides is 1. The summed E-state index contributed by atoms with van der Waals surface area (Å²) in [5.41, 5.74) is 1.73. The minimum atomic E-state index is -4.57. The Morgan fingerprint density at radius 1 is 1.05 bits per heavy atom. The summed E-state index contributed by atoms with van der Waals surface area (Å²) in [7, 11) is 1.99. The summed E-state index contributed by atoms with van der Waals surface area (Å²) in [5, 5.41) is 2.69. The predicted octanol–water partition coefficient (Wildman–Crippen LogP) is 4.15. The second-order valence-corrected chi connectivity index (χ2v) is 9.18. The normalized spacial score (nSPS) is 14.7. The van der Waals surface area contributed by atoms with Crippen LogP contribution in [-0.2, 0) is 12.7 Å². The number of rotatable bonds is 4. The number of alkyl halides is 3. The smallest absolute Gasteiger partial charge is 0.322 e. The van der Waals surface area contributed by atoms with Crippen LogP contribution in [0.25, 0.3) is 5.65 Å². The number of nitrogens with one attached hydrogen (secondary N) is 1. The van der Waals surface area contributed by atoms with Crippen LogP contribution in [-0.4, -0.2) is 63.3 Å². The average molecular weight is 519 g/mol. The zero-order chi connectivity index (χ0) is 26.7. The van der Waals surface area contributed by atoms with Crippen molar-refractivity contribution in [2.75, 3.05) is 38.5 Å². The summed E-state index contributed by atoms with van der Waals surface area (Å²) in [6.07, 6.45) is 2.10. The molecule has 0 atom stereocenters. The highest BCUT2D eigenvalue weighted by molar-refractivity contribution is 6.04. The van der Waals surface area contributed by atoms with Gasteiger partial charge >= 0.3 is 6.18 Å². The lowest BCUT2D eigenvalue weighted by atomic mass is 10.0. The molecule has 5 rings (SSSR count). The number of benzene rings is 2. The van der Waals surface area contributed by atoms with Gasteiger partial charge in [0, 0.05) is 61.9 Å². The fourth-order valence-corrected chi connectivity index (χ4v) is 4.32.